The molecule has 1 fully saturated rings. The molecule has 0 radical (unpaired) electrons. The topological polar surface area (TPSA) is 45.7 Å². The molecule has 1 amide bonds. The van der Waals surface area contributed by atoms with Crippen molar-refractivity contribution in [1.82, 2.24) is 14.8 Å². The third-order valence-corrected chi connectivity index (χ3v) is 4.03. The Morgan fingerprint density at radius 2 is 2.41 bits per heavy atom. The summed E-state index contributed by atoms with van der Waals surface area (Å²) in [7, 11) is 3.58. The Bertz CT molecular complexity index is 490. The SMILES string of the molecule is C=CCO[C@@H]1CCN(CC(=O)N(C)C)[C@@H]1Cc1cccnc1. The highest BCUT2D eigenvalue weighted by Gasteiger charge is 2.35. The van der Waals surface area contributed by atoms with Gasteiger partial charge >= 0.3 is 0 Å². The Labute approximate surface area is 132 Å². The van der Waals surface area contributed by atoms with Crippen molar-refractivity contribution >= 4 is 5.91 Å². The van der Waals surface area contributed by atoms with E-state index in [0.29, 0.717) is 13.2 Å². The van der Waals surface area contributed by atoms with Crippen LogP contribution in [0.3, 0.4) is 0 Å². The first kappa shape index (κ1) is 16.6. The Morgan fingerprint density at radius 3 is 3.05 bits per heavy atom. The second-order valence-corrected chi connectivity index (χ2v) is 5.84. The van der Waals surface area contributed by atoms with E-state index in [2.05, 4.69) is 22.5 Å². The number of ether oxygens (including phenoxy) is 1. The van der Waals surface area contributed by atoms with Gasteiger partial charge in [-0.25, -0.2) is 0 Å². The van der Waals surface area contributed by atoms with Crippen molar-refractivity contribution < 1.29 is 9.53 Å². The number of amides is 1. The molecule has 0 spiro atoms. The minimum atomic E-state index is 0.126. The van der Waals surface area contributed by atoms with Gasteiger partial charge in [-0.2, -0.15) is 0 Å². The Kier molecular flexibility index (Phi) is 6.10. The maximum absolute atomic E-state index is 12.0. The number of likely N-dealkylation sites (tertiary alicyclic amines) is 1. The van der Waals surface area contributed by atoms with Gasteiger partial charge in [-0.1, -0.05) is 12.1 Å². The molecule has 1 aromatic heterocycles. The van der Waals surface area contributed by atoms with Crippen LogP contribution >= 0.6 is 0 Å². The lowest BCUT2D eigenvalue weighted by molar-refractivity contribution is -0.130. The van der Waals surface area contributed by atoms with Gasteiger partial charge < -0.3 is 9.64 Å². The van der Waals surface area contributed by atoms with E-state index in [1.165, 1.54) is 5.56 Å². The molecule has 0 N–H and O–H groups in total. The first-order valence-electron chi connectivity index (χ1n) is 7.67. The quantitative estimate of drug-likeness (QED) is 0.714. The van der Waals surface area contributed by atoms with Crippen LogP contribution in [0.4, 0.5) is 0 Å². The van der Waals surface area contributed by atoms with E-state index in [4.69, 9.17) is 4.74 Å². The van der Waals surface area contributed by atoms with Crippen molar-refractivity contribution in [3.05, 3.63) is 42.7 Å². The average molecular weight is 303 g/mol. The molecular formula is C17H25N3O2. The number of hydrogen-bond donors (Lipinski definition) is 0. The van der Waals surface area contributed by atoms with Crippen molar-refractivity contribution in [2.45, 2.75) is 25.0 Å². The second kappa shape index (κ2) is 8.06. The molecule has 0 bridgehead atoms. The van der Waals surface area contributed by atoms with Gasteiger partial charge in [0.15, 0.2) is 0 Å². The fraction of sp³-hybridized carbons (Fsp3) is 0.529. The van der Waals surface area contributed by atoms with Gasteiger partial charge in [-0.05, 0) is 24.5 Å². The lowest BCUT2D eigenvalue weighted by Gasteiger charge is -2.28. The zero-order chi connectivity index (χ0) is 15.9. The number of nitrogens with zero attached hydrogens (tertiary/aromatic N) is 3. The number of carbonyl (C=O) groups is 1. The van der Waals surface area contributed by atoms with Crippen molar-refractivity contribution in [3.8, 4) is 0 Å². The first-order valence-corrected chi connectivity index (χ1v) is 7.67. The number of pyridine rings is 1. The van der Waals surface area contributed by atoms with Crippen LogP contribution in [-0.2, 0) is 16.0 Å². The van der Waals surface area contributed by atoms with Crippen LogP contribution in [0, 0.1) is 0 Å². The molecule has 1 saturated heterocycles. The van der Waals surface area contributed by atoms with Crippen molar-refractivity contribution in [1.29, 1.82) is 0 Å². The zero-order valence-electron chi connectivity index (χ0n) is 13.4. The second-order valence-electron chi connectivity index (χ2n) is 5.84. The Hall–Kier alpha value is -1.72. The van der Waals surface area contributed by atoms with E-state index >= 15 is 0 Å². The minimum absolute atomic E-state index is 0.126. The van der Waals surface area contributed by atoms with Crippen molar-refractivity contribution in [2.75, 3.05) is 33.8 Å². The molecule has 2 rings (SSSR count). The van der Waals surface area contributed by atoms with E-state index < -0.39 is 0 Å². The highest BCUT2D eigenvalue weighted by molar-refractivity contribution is 5.77. The lowest BCUT2D eigenvalue weighted by atomic mass is 10.0. The Balaban J connectivity index is 2.07. The number of carbonyl (C=O) groups excluding carboxylic acids is 1. The van der Waals surface area contributed by atoms with E-state index in [9.17, 15) is 4.79 Å². The standard InChI is InChI=1S/C17H25N3O2/c1-4-10-22-16-7-9-20(13-17(21)19(2)3)15(16)11-14-6-5-8-18-12-14/h4-6,8,12,15-16H,1,7,9-11,13H2,2-3H3/t15-,16-/m1/s1. The van der Waals surface area contributed by atoms with Crippen LogP contribution in [0.15, 0.2) is 37.2 Å². The molecule has 1 aliphatic rings. The molecule has 1 aliphatic heterocycles. The van der Waals surface area contributed by atoms with Crippen molar-refractivity contribution in [2.24, 2.45) is 0 Å². The summed E-state index contributed by atoms with van der Waals surface area (Å²) in [5.41, 5.74) is 1.17. The number of likely N-dealkylation sites (N-methyl/N-ethyl adjacent to an activating group) is 1. The summed E-state index contributed by atoms with van der Waals surface area (Å²) < 4.78 is 5.90. The van der Waals surface area contributed by atoms with E-state index in [1.54, 1.807) is 31.3 Å². The third kappa shape index (κ3) is 4.39. The van der Waals surface area contributed by atoms with Gasteiger partial charge in [0.2, 0.25) is 5.91 Å². The molecule has 2 heterocycles. The Morgan fingerprint density at radius 1 is 1.59 bits per heavy atom. The molecule has 22 heavy (non-hydrogen) atoms. The van der Waals surface area contributed by atoms with Crippen LogP contribution in [0.2, 0.25) is 0 Å². The maximum atomic E-state index is 12.0. The fourth-order valence-electron chi connectivity index (χ4n) is 2.80. The fourth-order valence-corrected chi connectivity index (χ4v) is 2.80. The summed E-state index contributed by atoms with van der Waals surface area (Å²) >= 11 is 0. The van der Waals surface area contributed by atoms with Gasteiger partial charge in [0.25, 0.3) is 0 Å². The smallest absolute Gasteiger partial charge is 0.236 e. The molecule has 2 atom stereocenters. The lowest BCUT2D eigenvalue weighted by Crippen LogP contribution is -2.43. The molecule has 0 aromatic carbocycles. The monoisotopic (exact) mass is 303 g/mol. The van der Waals surface area contributed by atoms with Crippen LogP contribution < -0.4 is 0 Å². The zero-order valence-corrected chi connectivity index (χ0v) is 13.4. The predicted molar refractivity (Wildman–Crippen MR) is 86.6 cm³/mol. The molecule has 120 valence electrons. The number of rotatable bonds is 7. The van der Waals surface area contributed by atoms with E-state index in [0.717, 1.165) is 19.4 Å². The molecule has 1 aromatic rings. The average Bonchev–Trinajstić information content (AvgIpc) is 2.88. The minimum Gasteiger partial charge on any atom is -0.372 e. The van der Waals surface area contributed by atoms with Crippen LogP contribution in [0.1, 0.15) is 12.0 Å². The van der Waals surface area contributed by atoms with Gasteiger partial charge in [-0.15, -0.1) is 6.58 Å². The molecule has 0 saturated carbocycles. The van der Waals surface area contributed by atoms with Gasteiger partial charge in [0.1, 0.15) is 0 Å². The molecule has 5 nitrogen and oxygen atoms in total. The summed E-state index contributed by atoms with van der Waals surface area (Å²) in [5, 5.41) is 0. The number of hydrogen-bond acceptors (Lipinski definition) is 4. The molecule has 5 heteroatoms. The summed E-state index contributed by atoms with van der Waals surface area (Å²) in [6.45, 7) is 5.57. The van der Waals surface area contributed by atoms with Crippen molar-refractivity contribution in [3.63, 3.8) is 0 Å². The normalized spacial score (nSPS) is 21.7. The summed E-state index contributed by atoms with van der Waals surface area (Å²) in [6, 6.07) is 4.22. The predicted octanol–water partition coefficient (Wildman–Crippen LogP) is 1.36. The number of aromatic nitrogens is 1. The third-order valence-electron chi connectivity index (χ3n) is 4.03. The van der Waals surface area contributed by atoms with Crippen LogP contribution in [0.5, 0.6) is 0 Å². The van der Waals surface area contributed by atoms with Crippen LogP contribution in [-0.4, -0.2) is 66.6 Å². The molecule has 0 unspecified atom stereocenters. The van der Waals surface area contributed by atoms with Gasteiger partial charge in [0.05, 0.1) is 19.3 Å². The van der Waals surface area contributed by atoms with Gasteiger partial charge in [-0.3, -0.25) is 14.7 Å². The maximum Gasteiger partial charge on any atom is 0.236 e. The van der Waals surface area contributed by atoms with E-state index in [1.807, 2.05) is 12.3 Å². The summed E-state index contributed by atoms with van der Waals surface area (Å²) in [6.07, 6.45) is 7.35. The molecular weight excluding hydrogens is 278 g/mol. The summed E-state index contributed by atoms with van der Waals surface area (Å²) in [5.74, 6) is 0.126. The highest BCUT2D eigenvalue weighted by Crippen LogP contribution is 2.24. The highest BCUT2D eigenvalue weighted by atomic mass is 16.5. The largest absolute Gasteiger partial charge is 0.372 e. The van der Waals surface area contributed by atoms with Gasteiger partial charge in [0, 0.05) is 39.1 Å². The first-order chi connectivity index (χ1) is 10.6. The van der Waals surface area contributed by atoms with Crippen LogP contribution in [0.25, 0.3) is 0 Å². The van der Waals surface area contributed by atoms with E-state index in [-0.39, 0.29) is 18.1 Å². The molecule has 0 aliphatic carbocycles. The summed E-state index contributed by atoms with van der Waals surface area (Å²) in [4.78, 5) is 20.1.